The van der Waals surface area contributed by atoms with Gasteiger partial charge in [-0.15, -0.1) is 0 Å². The van der Waals surface area contributed by atoms with Crippen LogP contribution in [-0.4, -0.2) is 0 Å². The van der Waals surface area contributed by atoms with E-state index in [2.05, 4.69) is 379 Å². The maximum Gasteiger partial charge on any atom is 0.0726 e. The molecule has 0 amide bonds. The third-order valence-corrected chi connectivity index (χ3v) is 22.5. The Kier molecular flexibility index (Phi) is 13.1. The molecular formula is C97H72N2. The van der Waals surface area contributed by atoms with Gasteiger partial charge < -0.3 is 9.80 Å². The lowest BCUT2D eigenvalue weighted by Crippen LogP contribution is -2.26. The summed E-state index contributed by atoms with van der Waals surface area (Å²) in [7, 11) is 0. The molecule has 470 valence electrons. The van der Waals surface area contributed by atoms with Gasteiger partial charge in [-0.3, -0.25) is 0 Å². The van der Waals surface area contributed by atoms with Crippen LogP contribution in [0.4, 0.5) is 34.1 Å². The molecule has 0 aromatic heterocycles. The summed E-state index contributed by atoms with van der Waals surface area (Å²) in [5.41, 5.74) is 41.5. The molecule has 0 atom stereocenters. The van der Waals surface area contributed by atoms with Gasteiger partial charge in [-0.1, -0.05) is 279 Å². The number of hydrogen-bond donors (Lipinski definition) is 0. The Morgan fingerprint density at radius 2 is 0.414 bits per heavy atom. The van der Waals surface area contributed by atoms with Gasteiger partial charge in [0.05, 0.1) is 10.8 Å². The lowest BCUT2D eigenvalue weighted by molar-refractivity contribution is 0.660. The van der Waals surface area contributed by atoms with E-state index in [0.29, 0.717) is 0 Å². The van der Waals surface area contributed by atoms with Gasteiger partial charge >= 0.3 is 0 Å². The van der Waals surface area contributed by atoms with Crippen molar-refractivity contribution in [2.45, 2.75) is 57.8 Å². The highest BCUT2D eigenvalue weighted by Crippen LogP contribution is 2.66. The van der Waals surface area contributed by atoms with E-state index in [1.165, 1.54) is 156 Å². The second-order valence-electron chi connectivity index (χ2n) is 28.7. The summed E-state index contributed by atoms with van der Waals surface area (Å²) in [6.07, 6.45) is 9.32. The minimum Gasteiger partial charge on any atom is -0.310 e. The van der Waals surface area contributed by atoms with Crippen molar-refractivity contribution in [3.05, 3.63) is 403 Å². The summed E-state index contributed by atoms with van der Waals surface area (Å²) in [5.74, 6) is 0. The van der Waals surface area contributed by atoms with Crippen LogP contribution in [0.1, 0.15) is 114 Å². The fraction of sp³-hybridized carbons (Fsp3) is 0.0928. The van der Waals surface area contributed by atoms with E-state index in [1.54, 1.807) is 0 Å². The minimum absolute atomic E-state index is 0.219. The molecule has 14 aromatic rings. The maximum atomic E-state index is 2.49. The Balaban J connectivity index is 0.650. The predicted molar refractivity (Wildman–Crippen MR) is 416 cm³/mol. The van der Waals surface area contributed by atoms with Crippen LogP contribution in [0, 0.1) is 27.7 Å². The predicted octanol–water partition coefficient (Wildman–Crippen LogP) is 25.2. The number of benzene rings is 14. The molecule has 0 fully saturated rings. The summed E-state index contributed by atoms with van der Waals surface area (Å²) in [6, 6.07) is 115. The molecule has 2 heteroatoms. The molecule has 0 heterocycles. The van der Waals surface area contributed by atoms with Gasteiger partial charge in [0, 0.05) is 39.5 Å². The smallest absolute Gasteiger partial charge is 0.0726 e. The van der Waals surface area contributed by atoms with E-state index < -0.39 is 10.8 Å². The van der Waals surface area contributed by atoms with Crippen molar-refractivity contribution in [3.8, 4) is 55.6 Å². The minimum atomic E-state index is -0.521. The molecule has 19 rings (SSSR count). The van der Waals surface area contributed by atoms with Crippen molar-refractivity contribution in [1.82, 2.24) is 0 Å². The fourth-order valence-electron chi connectivity index (χ4n) is 17.8. The molecule has 0 N–H and O–H groups in total. The SMILES string of the molecule is Cc1ccc(N(c2ccc(C)cc2)c2ccc3c(c2)C2(c4ccccc4-c4ccccc42)c2cc(C=Cc4ccc5c(c4)C(C)(C)c4cc(C=Cc6ccc7c(c6)C6(c8ccccc8-c8ccccc86)c6cc(N(c8ccc(C)cc8)c8ccc(C)cc8)ccc6-7)ccc4-5)ccc2-3)cc1. The molecular weight excluding hydrogens is 1190 g/mol. The Hall–Kier alpha value is -11.8. The van der Waals surface area contributed by atoms with Crippen LogP contribution in [-0.2, 0) is 16.2 Å². The van der Waals surface area contributed by atoms with Gasteiger partial charge in [0.2, 0.25) is 0 Å². The zero-order chi connectivity index (χ0) is 66.5. The topological polar surface area (TPSA) is 6.48 Å². The van der Waals surface area contributed by atoms with E-state index in [0.717, 1.165) is 34.1 Å². The van der Waals surface area contributed by atoms with E-state index in [9.17, 15) is 0 Å². The van der Waals surface area contributed by atoms with E-state index in [-0.39, 0.29) is 5.41 Å². The van der Waals surface area contributed by atoms with Crippen LogP contribution in [0.3, 0.4) is 0 Å². The van der Waals surface area contributed by atoms with Crippen LogP contribution in [0.2, 0.25) is 0 Å². The molecule has 0 bridgehead atoms. The first-order chi connectivity index (χ1) is 48.4. The highest BCUT2D eigenvalue weighted by atomic mass is 15.1. The van der Waals surface area contributed by atoms with E-state index in [4.69, 9.17) is 0 Å². The van der Waals surface area contributed by atoms with Gasteiger partial charge in [-0.05, 0) is 246 Å². The number of aryl methyl sites for hydroxylation is 4. The molecule has 0 saturated carbocycles. The molecule has 0 saturated heterocycles. The highest BCUT2D eigenvalue weighted by Gasteiger charge is 2.54. The molecule has 14 aromatic carbocycles. The number of fused-ring (bicyclic) bond motifs is 23. The number of nitrogens with zero attached hydrogens (tertiary/aromatic N) is 2. The molecule has 0 radical (unpaired) electrons. The standard InChI is InChI=1S/C97H72N2/c1-61-23-39-69(40-24-61)98(70-41-25-62(2)26-42-70)73-47-53-83-81-51-37-67(57-91(81)96(93(83)59-73)85-19-11-7-15-75(85)76-16-8-12-20-86(76)96)33-31-65-35-49-79-80-50-36-66(56-90(80)95(5,6)89(79)55-65)32-34-68-38-52-82-84-54-48-74(99(71-43-27-63(3)28-44-71)72-45-29-64(4)30-46-72)60-94(84)97(92(82)58-68)87-21-13-9-17-77(87)78-18-10-14-22-88(78)97/h7-60H,1-6H3. The normalized spacial score (nSPS) is 14.3. The molecule has 0 unspecified atom stereocenters. The molecule has 2 nitrogen and oxygen atoms in total. The molecule has 99 heavy (non-hydrogen) atoms. The van der Waals surface area contributed by atoms with Crippen molar-refractivity contribution in [3.63, 3.8) is 0 Å². The second kappa shape index (κ2) is 22.1. The third-order valence-electron chi connectivity index (χ3n) is 22.5. The van der Waals surface area contributed by atoms with Crippen LogP contribution >= 0.6 is 0 Å². The van der Waals surface area contributed by atoms with Gasteiger partial charge in [0.1, 0.15) is 0 Å². The lowest BCUT2D eigenvalue weighted by Gasteiger charge is -2.32. The van der Waals surface area contributed by atoms with Crippen molar-refractivity contribution in [2.75, 3.05) is 9.80 Å². The average molecular weight is 1270 g/mol. The van der Waals surface area contributed by atoms with Crippen molar-refractivity contribution < 1.29 is 0 Å². The first kappa shape index (κ1) is 58.5. The highest BCUT2D eigenvalue weighted by molar-refractivity contribution is 6.00. The Morgan fingerprint density at radius 3 is 0.697 bits per heavy atom. The Morgan fingerprint density at radius 1 is 0.202 bits per heavy atom. The lowest BCUT2D eigenvalue weighted by atomic mass is 9.70. The maximum absolute atomic E-state index is 2.49. The van der Waals surface area contributed by atoms with E-state index in [1.807, 2.05) is 0 Å². The first-order valence-corrected chi connectivity index (χ1v) is 34.9. The quantitative estimate of drug-likeness (QED) is 0.126. The van der Waals surface area contributed by atoms with Crippen LogP contribution < -0.4 is 9.80 Å². The van der Waals surface area contributed by atoms with Gasteiger partial charge in [-0.25, -0.2) is 0 Å². The Labute approximate surface area is 581 Å². The first-order valence-electron chi connectivity index (χ1n) is 34.9. The van der Waals surface area contributed by atoms with E-state index >= 15 is 0 Å². The second-order valence-corrected chi connectivity index (χ2v) is 28.7. The van der Waals surface area contributed by atoms with Gasteiger partial charge in [0.25, 0.3) is 0 Å². The largest absolute Gasteiger partial charge is 0.310 e. The average Bonchev–Trinajstić information content (AvgIpc) is 1.52. The number of hydrogen-bond acceptors (Lipinski definition) is 2. The zero-order valence-corrected chi connectivity index (χ0v) is 56.6. The third kappa shape index (κ3) is 8.75. The fourth-order valence-corrected chi connectivity index (χ4v) is 17.8. The number of rotatable bonds is 10. The van der Waals surface area contributed by atoms with Gasteiger partial charge in [-0.2, -0.15) is 0 Å². The molecule has 0 aliphatic heterocycles. The molecule has 5 aliphatic carbocycles. The zero-order valence-electron chi connectivity index (χ0n) is 56.6. The molecule has 2 spiro atoms. The molecule has 5 aliphatic rings. The Bertz CT molecular complexity index is 5200. The summed E-state index contributed by atoms with van der Waals surface area (Å²) >= 11 is 0. The van der Waals surface area contributed by atoms with Crippen LogP contribution in [0.5, 0.6) is 0 Å². The number of anilines is 6. The van der Waals surface area contributed by atoms with Crippen molar-refractivity contribution >= 4 is 58.4 Å². The van der Waals surface area contributed by atoms with Crippen molar-refractivity contribution in [2.24, 2.45) is 0 Å². The van der Waals surface area contributed by atoms with Crippen LogP contribution in [0.15, 0.2) is 303 Å². The van der Waals surface area contributed by atoms with Gasteiger partial charge in [0.15, 0.2) is 0 Å². The summed E-state index contributed by atoms with van der Waals surface area (Å²) < 4.78 is 0. The van der Waals surface area contributed by atoms with Crippen LogP contribution in [0.25, 0.3) is 79.9 Å². The summed E-state index contributed by atoms with van der Waals surface area (Å²) in [5, 5.41) is 0. The summed E-state index contributed by atoms with van der Waals surface area (Å²) in [6.45, 7) is 13.4. The summed E-state index contributed by atoms with van der Waals surface area (Å²) in [4.78, 5) is 4.84. The monoisotopic (exact) mass is 1260 g/mol. The van der Waals surface area contributed by atoms with Crippen molar-refractivity contribution in [1.29, 1.82) is 0 Å².